The van der Waals surface area contributed by atoms with E-state index in [4.69, 9.17) is 5.11 Å². The molecule has 0 aliphatic heterocycles. The molecular formula is C2H11Cl5OTa. The van der Waals surface area contributed by atoms with Crippen molar-refractivity contribution in [1.82, 2.24) is 0 Å². The summed E-state index contributed by atoms with van der Waals surface area (Å²) in [6.07, 6.45) is 0. The number of aliphatic hydroxyl groups excluding tert-OH is 1. The Balaban J connectivity index is -0.00000000133. The molecule has 1 radical (unpaired) electrons. The zero-order chi connectivity index (χ0) is 2.71. The van der Waals surface area contributed by atoms with E-state index in [1.807, 2.05) is 0 Å². The van der Waals surface area contributed by atoms with Crippen LogP contribution in [0.25, 0.3) is 0 Å². The zero-order valence-corrected chi connectivity index (χ0v) is 11.9. The van der Waals surface area contributed by atoms with E-state index in [1.54, 1.807) is 6.92 Å². The molecule has 1 nitrogen and oxygen atoms in total. The first-order valence-electron chi connectivity index (χ1n) is 1.02. The number of halogens is 5. The van der Waals surface area contributed by atoms with Crippen LogP contribution in [0.15, 0.2) is 0 Å². The van der Waals surface area contributed by atoms with Crippen LogP contribution < -0.4 is 0 Å². The van der Waals surface area contributed by atoms with Crippen molar-refractivity contribution in [1.29, 1.82) is 0 Å². The van der Waals surface area contributed by atoms with Crippen LogP contribution in [0, 0.1) is 0 Å². The summed E-state index contributed by atoms with van der Waals surface area (Å²) in [6, 6.07) is 0. The molecule has 0 heterocycles. The molecular weight excluding hydrogens is 398 g/mol. The van der Waals surface area contributed by atoms with Gasteiger partial charge < -0.3 is 5.11 Å². The molecule has 0 amide bonds. The third-order valence-electron chi connectivity index (χ3n) is 0. The fourth-order valence-electron chi connectivity index (χ4n) is 0. The Morgan fingerprint density at radius 2 is 0.889 bits per heavy atom. The number of rotatable bonds is 0. The Kier molecular flexibility index (Phi) is 635. The summed E-state index contributed by atoms with van der Waals surface area (Å²) in [5, 5.41) is 7.57. The maximum Gasteiger partial charge on any atom is 0.0402 e. The topological polar surface area (TPSA) is 20.2 Å². The van der Waals surface area contributed by atoms with Gasteiger partial charge in [-0.3, -0.25) is 0 Å². The van der Waals surface area contributed by atoms with E-state index in [2.05, 4.69) is 0 Å². The van der Waals surface area contributed by atoms with Crippen LogP contribution in [0.5, 0.6) is 0 Å². The minimum atomic E-state index is 0. The summed E-state index contributed by atoms with van der Waals surface area (Å²) < 4.78 is 0. The van der Waals surface area contributed by atoms with Crippen LogP contribution in [0.4, 0.5) is 0 Å². The average molecular weight is 409 g/mol. The summed E-state index contributed by atoms with van der Waals surface area (Å²) in [7, 11) is 0. The first kappa shape index (κ1) is 66.7. The van der Waals surface area contributed by atoms with Crippen LogP contribution in [-0.2, 0) is 22.4 Å². The van der Waals surface area contributed by atoms with Crippen molar-refractivity contribution in [2.45, 2.75) is 6.92 Å². The average Bonchev–Trinajstić information content (AvgIpc) is 0.918. The van der Waals surface area contributed by atoms with Gasteiger partial charge in [-0.15, -0.1) is 62.0 Å². The molecule has 0 saturated heterocycles. The molecule has 0 atom stereocenters. The Labute approximate surface area is 102 Å². The molecule has 0 aliphatic carbocycles. The van der Waals surface area contributed by atoms with E-state index in [-0.39, 0.29) is 91.0 Å². The molecule has 0 spiro atoms. The van der Waals surface area contributed by atoms with Gasteiger partial charge in [0, 0.05) is 29.0 Å². The monoisotopic (exact) mass is 407 g/mol. The minimum Gasteiger partial charge on any atom is -0.397 e. The van der Waals surface area contributed by atoms with Gasteiger partial charge in [0.25, 0.3) is 0 Å². The summed E-state index contributed by atoms with van der Waals surface area (Å²) in [5.41, 5.74) is 0. The smallest absolute Gasteiger partial charge is 0.0402 e. The van der Waals surface area contributed by atoms with E-state index in [9.17, 15) is 0 Å². The standard InChI is InChI=1S/C2H6O.5ClH.Ta/c1-2-3;;;;;;/h3H,2H2,1H3;5*1H;. The van der Waals surface area contributed by atoms with Crippen LogP contribution in [0.3, 0.4) is 0 Å². The van der Waals surface area contributed by atoms with E-state index in [0.717, 1.165) is 0 Å². The summed E-state index contributed by atoms with van der Waals surface area (Å²) in [4.78, 5) is 0. The molecule has 0 fully saturated rings. The van der Waals surface area contributed by atoms with E-state index < -0.39 is 0 Å². The van der Waals surface area contributed by atoms with Gasteiger partial charge >= 0.3 is 0 Å². The minimum absolute atomic E-state index is 0. The second kappa shape index (κ2) is 85.6. The molecule has 1 N–H and O–H groups in total. The number of hydrogen-bond acceptors (Lipinski definition) is 1. The van der Waals surface area contributed by atoms with Gasteiger partial charge in [0.1, 0.15) is 0 Å². The molecule has 0 rings (SSSR count). The summed E-state index contributed by atoms with van der Waals surface area (Å²) in [5.74, 6) is 0. The molecule has 0 bridgehead atoms. The van der Waals surface area contributed by atoms with E-state index in [0.29, 0.717) is 0 Å². The Bertz CT molecular complexity index is 14.9. The van der Waals surface area contributed by atoms with Crippen molar-refractivity contribution in [3.63, 3.8) is 0 Å². The fourth-order valence-corrected chi connectivity index (χ4v) is 0. The molecule has 0 aromatic heterocycles. The Hall–Kier alpha value is 2.15. The van der Waals surface area contributed by atoms with Crippen molar-refractivity contribution in [2.75, 3.05) is 6.61 Å². The van der Waals surface area contributed by atoms with E-state index >= 15 is 0 Å². The van der Waals surface area contributed by atoms with Gasteiger partial charge in [-0.2, -0.15) is 0 Å². The maximum absolute atomic E-state index is 7.57. The summed E-state index contributed by atoms with van der Waals surface area (Å²) >= 11 is 0. The third kappa shape index (κ3) is 146. The van der Waals surface area contributed by atoms with Crippen molar-refractivity contribution in [2.24, 2.45) is 0 Å². The molecule has 9 heavy (non-hydrogen) atoms. The van der Waals surface area contributed by atoms with Gasteiger partial charge in [0.05, 0.1) is 0 Å². The van der Waals surface area contributed by atoms with Gasteiger partial charge in [-0.05, 0) is 6.92 Å². The van der Waals surface area contributed by atoms with Gasteiger partial charge in [-0.1, -0.05) is 0 Å². The van der Waals surface area contributed by atoms with Gasteiger partial charge in [-0.25, -0.2) is 0 Å². The van der Waals surface area contributed by atoms with Crippen LogP contribution in [0.1, 0.15) is 6.92 Å². The molecule has 0 saturated carbocycles. The predicted molar refractivity (Wildman–Crippen MR) is 49.0 cm³/mol. The SMILES string of the molecule is CCO.Cl.Cl.Cl.Cl.Cl.[Ta]. The molecule has 65 valence electrons. The van der Waals surface area contributed by atoms with E-state index in [1.165, 1.54) is 0 Å². The summed E-state index contributed by atoms with van der Waals surface area (Å²) in [6.45, 7) is 1.93. The largest absolute Gasteiger partial charge is 0.397 e. The molecule has 0 aromatic carbocycles. The van der Waals surface area contributed by atoms with Gasteiger partial charge in [0.2, 0.25) is 0 Å². The van der Waals surface area contributed by atoms with Crippen molar-refractivity contribution < 1.29 is 27.5 Å². The van der Waals surface area contributed by atoms with Crippen LogP contribution in [-0.4, -0.2) is 11.7 Å². The fraction of sp³-hybridized carbons (Fsp3) is 1.00. The van der Waals surface area contributed by atoms with Crippen molar-refractivity contribution in [3.8, 4) is 0 Å². The number of hydrogen-bond donors (Lipinski definition) is 1. The second-order valence-corrected chi connectivity index (χ2v) is 0.316. The second-order valence-electron chi connectivity index (χ2n) is 0.316. The Morgan fingerprint density at radius 1 is 0.889 bits per heavy atom. The third-order valence-corrected chi connectivity index (χ3v) is 0. The first-order valence-corrected chi connectivity index (χ1v) is 1.02. The Morgan fingerprint density at radius 3 is 0.889 bits per heavy atom. The zero-order valence-electron chi connectivity index (χ0n) is 4.64. The van der Waals surface area contributed by atoms with Crippen molar-refractivity contribution >= 4 is 62.0 Å². The maximum atomic E-state index is 7.57. The quantitative estimate of drug-likeness (QED) is 0.650. The normalized spacial score (nSPS) is 2.00. The van der Waals surface area contributed by atoms with Crippen LogP contribution >= 0.6 is 62.0 Å². The molecule has 0 aliphatic rings. The molecule has 0 unspecified atom stereocenters. The van der Waals surface area contributed by atoms with Crippen molar-refractivity contribution in [3.05, 3.63) is 0 Å². The first-order chi connectivity index (χ1) is 1.41. The van der Waals surface area contributed by atoms with Gasteiger partial charge in [0.15, 0.2) is 0 Å². The predicted octanol–water partition coefficient (Wildman–Crippen LogP) is 2.11. The number of aliphatic hydroxyl groups is 1. The molecule has 7 heteroatoms. The van der Waals surface area contributed by atoms with Crippen LogP contribution in [0.2, 0.25) is 0 Å². The molecule has 0 aromatic rings.